The molecule has 29 heavy (non-hydrogen) atoms. The van der Waals surface area contributed by atoms with Crippen LogP contribution >= 0.6 is 0 Å². The second-order valence-corrected chi connectivity index (χ2v) is 11.1. The first-order chi connectivity index (χ1) is 13.6. The van der Waals surface area contributed by atoms with Crippen molar-refractivity contribution >= 4 is 26.0 Å². The van der Waals surface area contributed by atoms with Crippen molar-refractivity contribution in [1.82, 2.24) is 8.61 Å². The van der Waals surface area contributed by atoms with Crippen molar-refractivity contribution in [3.63, 3.8) is 0 Å². The van der Waals surface area contributed by atoms with E-state index in [2.05, 4.69) is 0 Å². The normalized spacial score (nSPS) is 18.1. The van der Waals surface area contributed by atoms with Gasteiger partial charge in [0, 0.05) is 20.6 Å². The summed E-state index contributed by atoms with van der Waals surface area (Å²) >= 11 is 0. The van der Waals surface area contributed by atoms with Crippen LogP contribution < -0.4 is 4.74 Å². The smallest absolute Gasteiger partial charge is 0.324 e. The van der Waals surface area contributed by atoms with Gasteiger partial charge < -0.3 is 9.47 Å². The van der Waals surface area contributed by atoms with Crippen molar-refractivity contribution in [3.05, 3.63) is 24.3 Å². The fraction of sp³-hybridized carbons (Fsp3) is 0.611. The summed E-state index contributed by atoms with van der Waals surface area (Å²) in [6.07, 6.45) is 1.56. The van der Waals surface area contributed by atoms with Crippen LogP contribution in [0.4, 0.5) is 0 Å². The van der Waals surface area contributed by atoms with Crippen molar-refractivity contribution in [3.8, 4) is 5.75 Å². The van der Waals surface area contributed by atoms with Crippen molar-refractivity contribution < 1.29 is 31.1 Å². The molecule has 1 aromatic rings. The molecule has 1 fully saturated rings. The van der Waals surface area contributed by atoms with E-state index in [1.165, 1.54) is 42.7 Å². The lowest BCUT2D eigenvalue weighted by Gasteiger charge is -2.22. The Morgan fingerprint density at radius 3 is 2.38 bits per heavy atom. The van der Waals surface area contributed by atoms with Crippen molar-refractivity contribution in [2.24, 2.45) is 0 Å². The summed E-state index contributed by atoms with van der Waals surface area (Å²) in [6, 6.07) is 5.14. The van der Waals surface area contributed by atoms with Crippen LogP contribution in [0.15, 0.2) is 29.2 Å². The predicted octanol–water partition coefficient (Wildman–Crippen LogP) is 1.06. The van der Waals surface area contributed by atoms with E-state index in [0.29, 0.717) is 31.6 Å². The SMILES string of the molecule is CCCS(=O)(=O)N1CCCC1C(=O)OCCOc1ccc(S(=O)(=O)N(C)C)cc1. The van der Waals surface area contributed by atoms with Crippen molar-refractivity contribution in [2.75, 3.05) is 39.6 Å². The van der Waals surface area contributed by atoms with Gasteiger partial charge in [0.25, 0.3) is 0 Å². The van der Waals surface area contributed by atoms with Gasteiger partial charge in [-0.1, -0.05) is 6.92 Å². The molecule has 0 amide bonds. The van der Waals surface area contributed by atoms with Crippen LogP contribution in [0, 0.1) is 0 Å². The Hall–Kier alpha value is -1.69. The number of nitrogens with zero attached hydrogens (tertiary/aromatic N) is 2. The summed E-state index contributed by atoms with van der Waals surface area (Å²) in [5.41, 5.74) is 0. The van der Waals surface area contributed by atoms with E-state index in [9.17, 15) is 21.6 Å². The Bertz CT molecular complexity index is 897. The number of hydrogen-bond donors (Lipinski definition) is 0. The van der Waals surface area contributed by atoms with E-state index in [1.807, 2.05) is 0 Å². The Labute approximate surface area is 172 Å². The van der Waals surface area contributed by atoms with Crippen LogP contribution in [-0.4, -0.2) is 77.1 Å². The average Bonchev–Trinajstić information content (AvgIpc) is 3.16. The Balaban J connectivity index is 1.84. The molecule has 1 saturated heterocycles. The summed E-state index contributed by atoms with van der Waals surface area (Å²) in [5.74, 6) is -0.121. The van der Waals surface area contributed by atoms with Gasteiger partial charge in [-0.05, 0) is 43.5 Å². The highest BCUT2D eigenvalue weighted by molar-refractivity contribution is 7.89. The highest BCUT2D eigenvalue weighted by Gasteiger charge is 2.39. The van der Waals surface area contributed by atoms with Crippen molar-refractivity contribution in [1.29, 1.82) is 0 Å². The zero-order valence-corrected chi connectivity index (χ0v) is 18.5. The fourth-order valence-corrected chi connectivity index (χ4v) is 5.64. The van der Waals surface area contributed by atoms with Crippen LogP contribution in [0.25, 0.3) is 0 Å². The van der Waals surface area contributed by atoms with Gasteiger partial charge in [0.15, 0.2) is 0 Å². The van der Waals surface area contributed by atoms with Gasteiger partial charge >= 0.3 is 5.97 Å². The first-order valence-electron chi connectivity index (χ1n) is 9.41. The van der Waals surface area contributed by atoms with E-state index >= 15 is 0 Å². The van der Waals surface area contributed by atoms with Gasteiger partial charge in [0.1, 0.15) is 25.0 Å². The molecule has 1 aromatic carbocycles. The number of sulfonamides is 2. The third kappa shape index (κ3) is 5.91. The van der Waals surface area contributed by atoms with Crippen LogP contribution in [0.5, 0.6) is 5.75 Å². The summed E-state index contributed by atoms with van der Waals surface area (Å²) in [4.78, 5) is 12.4. The molecular weight excluding hydrogens is 420 g/mol. The van der Waals surface area contributed by atoms with E-state index in [0.717, 1.165) is 4.31 Å². The van der Waals surface area contributed by atoms with Crippen LogP contribution in [0.1, 0.15) is 26.2 Å². The molecular formula is C18H28N2O7S2. The maximum absolute atomic E-state index is 12.3. The minimum atomic E-state index is -3.51. The number of hydrogen-bond acceptors (Lipinski definition) is 7. The molecule has 2 rings (SSSR count). The lowest BCUT2D eigenvalue weighted by Crippen LogP contribution is -2.42. The van der Waals surface area contributed by atoms with Gasteiger partial charge in [0.05, 0.1) is 10.6 Å². The van der Waals surface area contributed by atoms with Gasteiger partial charge in [-0.25, -0.2) is 21.1 Å². The molecule has 1 atom stereocenters. The quantitative estimate of drug-likeness (QED) is 0.389. The molecule has 0 bridgehead atoms. The fourth-order valence-electron chi connectivity index (χ4n) is 3.00. The van der Waals surface area contributed by atoms with Crippen LogP contribution in [0.3, 0.4) is 0 Å². The zero-order valence-electron chi connectivity index (χ0n) is 16.9. The lowest BCUT2D eigenvalue weighted by atomic mass is 10.2. The highest BCUT2D eigenvalue weighted by atomic mass is 32.2. The number of rotatable bonds is 10. The Morgan fingerprint density at radius 2 is 1.79 bits per heavy atom. The largest absolute Gasteiger partial charge is 0.490 e. The molecule has 0 aliphatic carbocycles. The summed E-state index contributed by atoms with van der Waals surface area (Å²) in [6.45, 7) is 2.15. The van der Waals surface area contributed by atoms with E-state index < -0.39 is 32.1 Å². The van der Waals surface area contributed by atoms with Gasteiger partial charge in [0.2, 0.25) is 20.0 Å². The number of ether oxygens (including phenoxy) is 2. The summed E-state index contributed by atoms with van der Waals surface area (Å²) in [5, 5.41) is 0. The third-order valence-electron chi connectivity index (χ3n) is 4.49. The first-order valence-corrected chi connectivity index (χ1v) is 12.5. The molecule has 0 N–H and O–H groups in total. The minimum absolute atomic E-state index is 0.0133. The summed E-state index contributed by atoms with van der Waals surface area (Å²) < 4.78 is 61.6. The zero-order chi connectivity index (χ0) is 21.7. The molecule has 164 valence electrons. The molecule has 1 unspecified atom stereocenters. The average molecular weight is 449 g/mol. The van der Waals surface area contributed by atoms with Crippen LogP contribution in [-0.2, 0) is 29.6 Å². The molecule has 0 radical (unpaired) electrons. The van der Waals surface area contributed by atoms with Gasteiger partial charge in [-0.2, -0.15) is 4.31 Å². The predicted molar refractivity (Wildman–Crippen MR) is 108 cm³/mol. The third-order valence-corrected chi connectivity index (χ3v) is 8.40. The first kappa shape index (κ1) is 23.6. The number of carbonyl (C=O) groups is 1. The number of carbonyl (C=O) groups excluding carboxylic acids is 1. The Morgan fingerprint density at radius 1 is 1.14 bits per heavy atom. The topological polar surface area (TPSA) is 110 Å². The molecule has 0 aromatic heterocycles. The van der Waals surface area contributed by atoms with E-state index in [4.69, 9.17) is 9.47 Å². The molecule has 1 heterocycles. The molecule has 9 nitrogen and oxygen atoms in total. The van der Waals surface area contributed by atoms with Crippen molar-refractivity contribution in [2.45, 2.75) is 37.1 Å². The van der Waals surface area contributed by atoms with Gasteiger partial charge in [-0.3, -0.25) is 4.79 Å². The second kappa shape index (κ2) is 9.88. The molecule has 11 heteroatoms. The maximum Gasteiger partial charge on any atom is 0.324 e. The van der Waals surface area contributed by atoms with Gasteiger partial charge in [-0.15, -0.1) is 0 Å². The molecule has 0 spiro atoms. The summed E-state index contributed by atoms with van der Waals surface area (Å²) in [7, 11) is -4.06. The molecule has 1 aliphatic heterocycles. The lowest BCUT2D eigenvalue weighted by molar-refractivity contribution is -0.148. The standard InChI is InChI=1S/C18H28N2O7S2/c1-4-14-28(22,23)20-11-5-6-17(20)18(21)27-13-12-26-15-7-9-16(10-8-15)29(24,25)19(2)3/h7-10,17H,4-6,11-14H2,1-3H3. The molecule has 1 aliphatic rings. The van der Waals surface area contributed by atoms with E-state index in [1.54, 1.807) is 6.92 Å². The monoisotopic (exact) mass is 448 g/mol. The Kier molecular flexibility index (Phi) is 8.03. The second-order valence-electron chi connectivity index (χ2n) is 6.86. The van der Waals surface area contributed by atoms with E-state index in [-0.39, 0.29) is 23.9 Å². The van der Waals surface area contributed by atoms with Crippen LogP contribution in [0.2, 0.25) is 0 Å². The number of esters is 1. The molecule has 0 saturated carbocycles. The minimum Gasteiger partial charge on any atom is -0.490 e. The highest BCUT2D eigenvalue weighted by Crippen LogP contribution is 2.23. The number of benzene rings is 1. The maximum atomic E-state index is 12.3.